The number of carbonyl (C=O) groups is 3. The summed E-state index contributed by atoms with van der Waals surface area (Å²) in [5.41, 5.74) is 0.139. The van der Waals surface area contributed by atoms with Gasteiger partial charge in [-0.1, -0.05) is 66.8 Å². The second-order valence-corrected chi connectivity index (χ2v) is 9.46. The molecule has 4 atom stereocenters. The molecule has 41 heavy (non-hydrogen) atoms. The van der Waals surface area contributed by atoms with Crippen LogP contribution in [0, 0.1) is 4.64 Å². The highest BCUT2D eigenvalue weighted by molar-refractivity contribution is 7.71. The summed E-state index contributed by atoms with van der Waals surface area (Å²) < 4.78 is 24.6. The lowest BCUT2D eigenvalue weighted by atomic mass is 10.1. The molecule has 4 aromatic rings. The van der Waals surface area contributed by atoms with Gasteiger partial charge in [0, 0.05) is 6.20 Å². The first-order valence-electron chi connectivity index (χ1n) is 12.6. The molecule has 1 aliphatic heterocycles. The zero-order valence-electron chi connectivity index (χ0n) is 21.5. The summed E-state index contributed by atoms with van der Waals surface area (Å²) in [7, 11) is 0. The lowest BCUT2D eigenvalue weighted by Crippen LogP contribution is -2.42. The van der Waals surface area contributed by atoms with E-state index in [1.54, 1.807) is 91.0 Å². The minimum Gasteiger partial charge on any atom is -0.459 e. The quantitative estimate of drug-likeness (QED) is 0.189. The molecule has 1 saturated heterocycles. The topological polar surface area (TPSA) is 126 Å². The van der Waals surface area contributed by atoms with E-state index in [9.17, 15) is 19.2 Å². The van der Waals surface area contributed by atoms with Gasteiger partial charge >= 0.3 is 23.6 Å². The van der Waals surface area contributed by atoms with E-state index in [1.807, 2.05) is 0 Å². The minimum atomic E-state index is -1.31. The first kappa shape index (κ1) is 27.7. The minimum absolute atomic E-state index is 0.183. The Morgan fingerprint density at radius 3 is 1.73 bits per heavy atom. The van der Waals surface area contributed by atoms with Crippen LogP contribution in [0.15, 0.2) is 108 Å². The highest BCUT2D eigenvalue weighted by Gasteiger charge is 2.51. The van der Waals surface area contributed by atoms with E-state index in [-0.39, 0.29) is 22.4 Å². The van der Waals surface area contributed by atoms with Crippen molar-refractivity contribution in [2.75, 3.05) is 6.61 Å². The fourth-order valence-corrected chi connectivity index (χ4v) is 4.46. The Kier molecular flexibility index (Phi) is 8.47. The molecular formula is C30H24N2O8S. The van der Waals surface area contributed by atoms with Crippen molar-refractivity contribution in [2.45, 2.75) is 24.5 Å². The molecule has 3 aromatic carbocycles. The highest BCUT2D eigenvalue weighted by Crippen LogP contribution is 2.34. The summed E-state index contributed by atoms with van der Waals surface area (Å²) >= 11 is 5.05. The molecule has 0 radical (unpaired) electrons. The average molecular weight is 573 g/mol. The number of hydrogen-bond donors (Lipinski definition) is 1. The lowest BCUT2D eigenvalue weighted by Gasteiger charge is -2.25. The van der Waals surface area contributed by atoms with Gasteiger partial charge in [-0.25, -0.2) is 19.2 Å². The van der Waals surface area contributed by atoms with Gasteiger partial charge in [0.15, 0.2) is 18.4 Å². The number of hydrogen-bond acceptors (Lipinski definition) is 9. The van der Waals surface area contributed by atoms with Crippen LogP contribution in [-0.4, -0.2) is 52.4 Å². The van der Waals surface area contributed by atoms with Gasteiger partial charge in [0.1, 0.15) is 17.4 Å². The molecule has 0 amide bonds. The van der Waals surface area contributed by atoms with Crippen molar-refractivity contribution >= 4 is 30.1 Å². The van der Waals surface area contributed by atoms with Crippen molar-refractivity contribution in [2.24, 2.45) is 0 Å². The van der Waals surface area contributed by atoms with Crippen LogP contribution in [0.3, 0.4) is 0 Å². The van der Waals surface area contributed by atoms with Crippen LogP contribution in [0.4, 0.5) is 0 Å². The summed E-state index contributed by atoms with van der Waals surface area (Å²) in [4.78, 5) is 54.4. The van der Waals surface area contributed by atoms with Crippen molar-refractivity contribution in [1.29, 1.82) is 0 Å². The van der Waals surface area contributed by atoms with Crippen molar-refractivity contribution in [3.8, 4) is 0 Å². The number of benzene rings is 3. The van der Waals surface area contributed by atoms with Crippen molar-refractivity contribution in [3.05, 3.63) is 135 Å². The van der Waals surface area contributed by atoms with Gasteiger partial charge in [-0.3, -0.25) is 9.55 Å². The first-order valence-corrected chi connectivity index (χ1v) is 13.0. The van der Waals surface area contributed by atoms with Gasteiger partial charge in [0.25, 0.3) is 0 Å². The van der Waals surface area contributed by atoms with Gasteiger partial charge in [-0.05, 0) is 42.5 Å². The molecule has 1 fully saturated rings. The zero-order valence-corrected chi connectivity index (χ0v) is 22.3. The zero-order chi connectivity index (χ0) is 28.8. The molecule has 0 saturated carbocycles. The van der Waals surface area contributed by atoms with Gasteiger partial charge in [-0.2, -0.15) is 0 Å². The van der Waals surface area contributed by atoms with Crippen molar-refractivity contribution in [3.63, 3.8) is 0 Å². The fraction of sp³-hybridized carbons (Fsp3) is 0.167. The molecule has 5 rings (SSSR count). The van der Waals surface area contributed by atoms with Gasteiger partial charge in [-0.15, -0.1) is 0 Å². The van der Waals surface area contributed by atoms with Crippen molar-refractivity contribution < 1.29 is 33.3 Å². The normalized spacial score (nSPS) is 19.7. The van der Waals surface area contributed by atoms with Crippen LogP contribution >= 0.6 is 12.2 Å². The second kappa shape index (κ2) is 12.5. The Morgan fingerprint density at radius 2 is 1.22 bits per heavy atom. The number of aromatic nitrogens is 2. The Balaban J connectivity index is 1.50. The lowest BCUT2D eigenvalue weighted by molar-refractivity contribution is -0.0639. The van der Waals surface area contributed by atoms with E-state index in [0.29, 0.717) is 5.56 Å². The Morgan fingerprint density at radius 1 is 0.732 bits per heavy atom. The Labute approximate surface area is 239 Å². The second-order valence-electron chi connectivity index (χ2n) is 9.02. The molecule has 0 spiro atoms. The molecule has 11 heteroatoms. The van der Waals surface area contributed by atoms with E-state index in [0.717, 1.165) is 4.57 Å². The smallest absolute Gasteiger partial charge is 0.338 e. The molecular weight excluding hydrogens is 548 g/mol. The third kappa shape index (κ3) is 6.48. The summed E-state index contributed by atoms with van der Waals surface area (Å²) in [5.74, 6) is -2.09. The van der Waals surface area contributed by atoms with Crippen LogP contribution in [0.1, 0.15) is 37.3 Å². The Bertz CT molecular complexity index is 1640. The van der Waals surface area contributed by atoms with Crippen LogP contribution in [0.2, 0.25) is 0 Å². The van der Waals surface area contributed by atoms with E-state index in [2.05, 4.69) is 4.98 Å². The monoisotopic (exact) mass is 572 g/mol. The SMILES string of the molecule is O=C(OC[C@H]1O[C@@H](n2ccc(=S)[nH]c2=O)[C@H](OC(=O)c2ccccc2)[C@@H]1OC(=O)c1ccccc1)c1ccccc1. The van der Waals surface area contributed by atoms with E-state index in [4.69, 9.17) is 31.2 Å². The molecule has 0 aliphatic carbocycles. The van der Waals surface area contributed by atoms with E-state index < -0.39 is 48.1 Å². The van der Waals surface area contributed by atoms with Crippen LogP contribution in [-0.2, 0) is 18.9 Å². The predicted molar refractivity (Wildman–Crippen MR) is 148 cm³/mol. The van der Waals surface area contributed by atoms with Gasteiger partial charge < -0.3 is 18.9 Å². The van der Waals surface area contributed by atoms with E-state index >= 15 is 0 Å². The average Bonchev–Trinajstić information content (AvgIpc) is 3.33. The Hall–Kier alpha value is -4.87. The van der Waals surface area contributed by atoms with E-state index in [1.165, 1.54) is 12.3 Å². The molecule has 1 N–H and O–H groups in total. The summed E-state index contributed by atoms with van der Waals surface area (Å²) in [6.45, 7) is -0.367. The number of ether oxygens (including phenoxy) is 4. The molecule has 0 unspecified atom stereocenters. The van der Waals surface area contributed by atoms with Crippen molar-refractivity contribution in [1.82, 2.24) is 9.55 Å². The maximum atomic E-state index is 13.2. The maximum absolute atomic E-state index is 13.2. The molecule has 10 nitrogen and oxygen atoms in total. The first-order chi connectivity index (χ1) is 19.9. The molecule has 1 aliphatic rings. The standard InChI is InChI=1S/C30H24N2O8S/c33-27(19-10-4-1-5-11-19)37-18-22-24(39-28(34)20-12-6-2-7-13-20)25(40-29(35)21-14-8-3-9-15-21)26(38-22)32-17-16-23(41)31-30(32)36/h1-17,22,24-26H,18H2,(H,31,36,41)/t22-,24-,25-,26-/m1/s1. The number of nitrogens with zero attached hydrogens (tertiary/aromatic N) is 1. The van der Waals surface area contributed by atoms with Gasteiger partial charge in [0.05, 0.1) is 16.7 Å². The number of carbonyl (C=O) groups excluding carboxylic acids is 3. The number of aromatic amines is 1. The fourth-order valence-electron chi connectivity index (χ4n) is 4.31. The molecule has 0 bridgehead atoms. The summed E-state index contributed by atoms with van der Waals surface area (Å²) in [6.07, 6.45) is -3.55. The maximum Gasteiger partial charge on any atom is 0.338 e. The highest BCUT2D eigenvalue weighted by atomic mass is 32.1. The van der Waals surface area contributed by atoms with Crippen LogP contribution < -0.4 is 5.69 Å². The van der Waals surface area contributed by atoms with Crippen LogP contribution in [0.5, 0.6) is 0 Å². The predicted octanol–water partition coefficient (Wildman–Crippen LogP) is 4.11. The van der Waals surface area contributed by atoms with Crippen LogP contribution in [0.25, 0.3) is 0 Å². The molecule has 1 aromatic heterocycles. The number of esters is 3. The molecule has 2 heterocycles. The summed E-state index contributed by atoms with van der Waals surface area (Å²) in [6, 6.07) is 26.2. The number of rotatable bonds is 8. The largest absolute Gasteiger partial charge is 0.459 e. The third-order valence-electron chi connectivity index (χ3n) is 6.30. The summed E-state index contributed by atoms with van der Waals surface area (Å²) in [5, 5.41) is 0. The molecule has 208 valence electrons. The number of nitrogens with one attached hydrogen (secondary N) is 1. The number of H-pyrrole nitrogens is 1. The third-order valence-corrected chi connectivity index (χ3v) is 6.54. The van der Waals surface area contributed by atoms with Gasteiger partial charge in [0.2, 0.25) is 0 Å².